The molecule has 0 radical (unpaired) electrons. The molecule has 0 atom stereocenters. The SMILES string of the molecule is Cc1noc(C)c1C(=O)NC1=NCCS1. The van der Waals surface area contributed by atoms with E-state index in [1.807, 2.05) is 0 Å². The van der Waals surface area contributed by atoms with E-state index in [1.165, 1.54) is 0 Å². The Bertz CT molecular complexity index is 405. The van der Waals surface area contributed by atoms with E-state index in [4.69, 9.17) is 4.52 Å². The minimum atomic E-state index is -0.195. The number of amides is 1. The monoisotopic (exact) mass is 225 g/mol. The second kappa shape index (κ2) is 4.06. The van der Waals surface area contributed by atoms with Crippen LogP contribution in [0.5, 0.6) is 0 Å². The third-order valence-electron chi connectivity index (χ3n) is 2.07. The van der Waals surface area contributed by atoms with Crippen molar-refractivity contribution in [2.45, 2.75) is 13.8 Å². The average molecular weight is 225 g/mol. The molecule has 1 amide bonds. The van der Waals surface area contributed by atoms with Gasteiger partial charge in [-0.05, 0) is 13.8 Å². The molecule has 0 spiro atoms. The Kier molecular flexibility index (Phi) is 2.77. The molecular formula is C9H11N3O2S. The highest BCUT2D eigenvalue weighted by molar-refractivity contribution is 8.14. The van der Waals surface area contributed by atoms with Crippen LogP contribution < -0.4 is 5.32 Å². The maximum absolute atomic E-state index is 11.8. The fraction of sp³-hybridized carbons (Fsp3) is 0.444. The largest absolute Gasteiger partial charge is 0.361 e. The molecule has 1 aromatic rings. The maximum Gasteiger partial charge on any atom is 0.262 e. The number of nitrogens with one attached hydrogen (secondary N) is 1. The van der Waals surface area contributed by atoms with Gasteiger partial charge in [0.15, 0.2) is 5.17 Å². The van der Waals surface area contributed by atoms with E-state index in [0.717, 1.165) is 12.3 Å². The normalized spacial score (nSPS) is 15.2. The molecule has 0 saturated carbocycles. The number of aryl methyl sites for hydroxylation is 2. The van der Waals surface area contributed by atoms with Crippen molar-refractivity contribution in [1.82, 2.24) is 10.5 Å². The molecule has 0 aromatic carbocycles. The van der Waals surface area contributed by atoms with Crippen molar-refractivity contribution in [2.75, 3.05) is 12.3 Å². The first kappa shape index (κ1) is 10.2. The van der Waals surface area contributed by atoms with Crippen LogP contribution >= 0.6 is 11.8 Å². The Labute approximate surface area is 91.3 Å². The molecule has 0 bridgehead atoms. The lowest BCUT2D eigenvalue weighted by Gasteiger charge is -2.02. The summed E-state index contributed by atoms with van der Waals surface area (Å²) in [5.74, 6) is 1.27. The molecule has 0 saturated heterocycles. The number of amidine groups is 1. The standard InChI is InChI=1S/C9H11N3O2S/c1-5-7(6(2)14-12-5)8(13)11-9-10-3-4-15-9/h3-4H2,1-2H3,(H,10,11,13). The Morgan fingerprint density at radius 2 is 2.33 bits per heavy atom. The van der Waals surface area contributed by atoms with Gasteiger partial charge < -0.3 is 9.84 Å². The van der Waals surface area contributed by atoms with Crippen molar-refractivity contribution in [1.29, 1.82) is 0 Å². The van der Waals surface area contributed by atoms with Crippen molar-refractivity contribution in [3.05, 3.63) is 17.0 Å². The van der Waals surface area contributed by atoms with Crippen LogP contribution in [0.25, 0.3) is 0 Å². The molecule has 0 unspecified atom stereocenters. The highest BCUT2D eigenvalue weighted by Crippen LogP contribution is 2.14. The van der Waals surface area contributed by atoms with Gasteiger partial charge in [-0.1, -0.05) is 16.9 Å². The van der Waals surface area contributed by atoms with Crippen LogP contribution in [0, 0.1) is 13.8 Å². The number of aromatic nitrogens is 1. The Hall–Kier alpha value is -1.30. The highest BCUT2D eigenvalue weighted by atomic mass is 32.2. The quantitative estimate of drug-likeness (QED) is 0.777. The lowest BCUT2D eigenvalue weighted by atomic mass is 10.2. The van der Waals surface area contributed by atoms with Crippen molar-refractivity contribution in [3.63, 3.8) is 0 Å². The van der Waals surface area contributed by atoms with Crippen LogP contribution in [0.15, 0.2) is 9.52 Å². The van der Waals surface area contributed by atoms with Crippen LogP contribution in [0.2, 0.25) is 0 Å². The zero-order valence-electron chi connectivity index (χ0n) is 8.53. The van der Waals surface area contributed by atoms with Gasteiger partial charge in [-0.2, -0.15) is 0 Å². The minimum Gasteiger partial charge on any atom is -0.361 e. The number of nitrogens with zero attached hydrogens (tertiary/aromatic N) is 2. The van der Waals surface area contributed by atoms with Crippen molar-refractivity contribution >= 4 is 22.8 Å². The van der Waals surface area contributed by atoms with Gasteiger partial charge in [0.25, 0.3) is 5.91 Å². The van der Waals surface area contributed by atoms with E-state index >= 15 is 0 Å². The number of hydrogen-bond acceptors (Lipinski definition) is 5. The summed E-state index contributed by atoms with van der Waals surface area (Å²) in [6, 6.07) is 0. The first-order valence-corrected chi connectivity index (χ1v) is 5.58. The highest BCUT2D eigenvalue weighted by Gasteiger charge is 2.19. The summed E-state index contributed by atoms with van der Waals surface area (Å²) in [4.78, 5) is 15.9. The van der Waals surface area contributed by atoms with Gasteiger partial charge in [0, 0.05) is 5.75 Å². The second-order valence-electron chi connectivity index (χ2n) is 3.19. The van der Waals surface area contributed by atoms with Crippen LogP contribution in [0.1, 0.15) is 21.8 Å². The molecule has 80 valence electrons. The van der Waals surface area contributed by atoms with Gasteiger partial charge in [-0.25, -0.2) is 0 Å². The van der Waals surface area contributed by atoms with Crippen LogP contribution in [0.4, 0.5) is 0 Å². The van der Waals surface area contributed by atoms with Gasteiger partial charge in [-0.15, -0.1) is 0 Å². The molecule has 1 N–H and O–H groups in total. The zero-order valence-corrected chi connectivity index (χ0v) is 9.35. The van der Waals surface area contributed by atoms with E-state index < -0.39 is 0 Å². The third kappa shape index (κ3) is 2.04. The molecule has 15 heavy (non-hydrogen) atoms. The van der Waals surface area contributed by atoms with Crippen molar-refractivity contribution < 1.29 is 9.32 Å². The fourth-order valence-electron chi connectivity index (χ4n) is 1.38. The maximum atomic E-state index is 11.8. The molecule has 0 aliphatic carbocycles. The van der Waals surface area contributed by atoms with Gasteiger partial charge in [0.2, 0.25) is 0 Å². The summed E-state index contributed by atoms with van der Waals surface area (Å²) in [5.41, 5.74) is 1.11. The van der Waals surface area contributed by atoms with Gasteiger partial charge in [-0.3, -0.25) is 9.79 Å². The number of carbonyl (C=O) groups is 1. The summed E-state index contributed by atoms with van der Waals surface area (Å²) in [6.45, 7) is 4.23. The lowest BCUT2D eigenvalue weighted by Crippen LogP contribution is -2.28. The smallest absolute Gasteiger partial charge is 0.262 e. The van der Waals surface area contributed by atoms with Gasteiger partial charge in [0.1, 0.15) is 11.3 Å². The lowest BCUT2D eigenvalue weighted by molar-refractivity contribution is 0.0976. The van der Waals surface area contributed by atoms with E-state index in [0.29, 0.717) is 22.2 Å². The molecule has 1 aliphatic rings. The number of hydrogen-bond donors (Lipinski definition) is 1. The van der Waals surface area contributed by atoms with Crippen LogP contribution in [-0.2, 0) is 0 Å². The predicted molar refractivity (Wildman–Crippen MR) is 58.2 cm³/mol. The van der Waals surface area contributed by atoms with Crippen molar-refractivity contribution in [3.8, 4) is 0 Å². The molecule has 5 nitrogen and oxygen atoms in total. The summed E-state index contributed by atoms with van der Waals surface area (Å²) in [5, 5.41) is 7.15. The summed E-state index contributed by atoms with van der Waals surface area (Å²) >= 11 is 1.55. The summed E-state index contributed by atoms with van der Waals surface area (Å²) in [7, 11) is 0. The minimum absolute atomic E-state index is 0.195. The number of aliphatic imine (C=N–C) groups is 1. The van der Waals surface area contributed by atoms with Crippen molar-refractivity contribution in [2.24, 2.45) is 4.99 Å². The van der Waals surface area contributed by atoms with E-state index in [-0.39, 0.29) is 5.91 Å². The molecule has 0 fully saturated rings. The molecule has 1 aromatic heterocycles. The second-order valence-corrected chi connectivity index (χ2v) is 4.27. The predicted octanol–water partition coefficient (Wildman–Crippen LogP) is 1.12. The molecule has 6 heteroatoms. The van der Waals surface area contributed by atoms with E-state index in [9.17, 15) is 4.79 Å². The van der Waals surface area contributed by atoms with E-state index in [1.54, 1.807) is 25.6 Å². The Morgan fingerprint density at radius 3 is 2.87 bits per heavy atom. The third-order valence-corrected chi connectivity index (χ3v) is 2.96. The molecule has 1 aliphatic heterocycles. The van der Waals surface area contributed by atoms with E-state index in [2.05, 4.69) is 15.5 Å². The molecule has 2 rings (SSSR count). The zero-order chi connectivity index (χ0) is 10.8. The first-order valence-electron chi connectivity index (χ1n) is 4.60. The van der Waals surface area contributed by atoms with Crippen LogP contribution in [-0.4, -0.2) is 28.5 Å². The average Bonchev–Trinajstić information content (AvgIpc) is 2.77. The number of carbonyl (C=O) groups excluding carboxylic acids is 1. The van der Waals surface area contributed by atoms with Gasteiger partial charge in [0.05, 0.1) is 12.2 Å². The fourth-order valence-corrected chi connectivity index (χ4v) is 2.10. The Morgan fingerprint density at radius 1 is 1.53 bits per heavy atom. The number of rotatable bonds is 1. The molecule has 2 heterocycles. The summed E-state index contributed by atoms with van der Waals surface area (Å²) < 4.78 is 4.92. The topological polar surface area (TPSA) is 67.5 Å². The van der Waals surface area contributed by atoms with Gasteiger partial charge >= 0.3 is 0 Å². The Balaban J connectivity index is 2.14. The summed E-state index contributed by atoms with van der Waals surface area (Å²) in [6.07, 6.45) is 0. The van der Waals surface area contributed by atoms with Crippen LogP contribution in [0.3, 0.4) is 0 Å². The molecular weight excluding hydrogens is 214 g/mol. The first-order chi connectivity index (χ1) is 7.18. The number of thioether (sulfide) groups is 1.